The molecule has 0 aliphatic carbocycles. The van der Waals surface area contributed by atoms with Gasteiger partial charge in [-0.1, -0.05) is 217 Å². The average molecular weight is 1250 g/mol. The van der Waals surface area contributed by atoms with Crippen molar-refractivity contribution in [1.29, 1.82) is 0 Å². The second-order valence-corrected chi connectivity index (χ2v) is 19.8. The van der Waals surface area contributed by atoms with E-state index in [1.807, 2.05) is 6.92 Å². The van der Waals surface area contributed by atoms with Gasteiger partial charge in [0.15, 0.2) is 0 Å². The molecule has 88 heavy (non-hydrogen) atoms. The molecule has 0 saturated carbocycles. The zero-order valence-corrected chi connectivity index (χ0v) is 57.3. The van der Waals surface area contributed by atoms with Gasteiger partial charge in [-0.25, -0.2) is 43.2 Å². The lowest BCUT2D eigenvalue weighted by molar-refractivity contribution is -0.141. The van der Waals surface area contributed by atoms with Crippen molar-refractivity contribution >= 4 is 53.7 Å². The largest absolute Gasteiger partial charge is 0.478 e. The van der Waals surface area contributed by atoms with Gasteiger partial charge in [-0.05, 0) is 78.6 Å². The summed E-state index contributed by atoms with van der Waals surface area (Å²) in [5, 5.41) is 15.5. The van der Waals surface area contributed by atoms with Crippen molar-refractivity contribution in [2.45, 2.75) is 224 Å². The first-order chi connectivity index (χ1) is 41.4. The lowest BCUT2D eigenvalue weighted by atomic mass is 10.0. The summed E-state index contributed by atoms with van der Waals surface area (Å²) in [6.07, 6.45) is 30.5. The summed E-state index contributed by atoms with van der Waals surface area (Å²) in [5.74, 6) is -3.07. The van der Waals surface area contributed by atoms with Crippen molar-refractivity contribution in [2.24, 2.45) is 11.8 Å². The first-order valence-corrected chi connectivity index (χ1v) is 30.7. The molecule has 2 atom stereocenters. The van der Waals surface area contributed by atoms with Crippen LogP contribution in [0.2, 0.25) is 0 Å². The SMILES string of the molecule is C=C(C)C(=O)O.C=C(C)C(=O)OC.C=C(C)C(=O)OCC(CC)CCCC.C=C(C)C(=O)OCCCC.C=C(C)C(=O)OCCCCCCCCCCCC.C=CC(=O)O.C=CC(=O)OC.C=CC(=O)OCC(CC)CCCC.C=CC(=O)OCCCC. The van der Waals surface area contributed by atoms with Crippen LogP contribution in [0.3, 0.4) is 0 Å². The Morgan fingerprint density at radius 2 is 0.636 bits per heavy atom. The van der Waals surface area contributed by atoms with Crippen LogP contribution in [0.1, 0.15) is 224 Å². The molecule has 0 aromatic rings. The molecule has 0 aromatic carbocycles. The number of rotatable bonds is 38. The quantitative estimate of drug-likeness (QED) is 0.0252. The number of carbonyl (C=O) groups is 9. The summed E-state index contributed by atoms with van der Waals surface area (Å²) in [5.41, 5.74) is 2.05. The molecule has 0 heterocycles. The van der Waals surface area contributed by atoms with Crippen LogP contribution in [0.15, 0.2) is 111 Å². The molecule has 0 saturated heterocycles. The number of carbonyl (C=O) groups excluding carboxylic acids is 7. The molecule has 0 aliphatic heterocycles. The van der Waals surface area contributed by atoms with E-state index in [0.717, 1.165) is 69.9 Å². The molecule has 18 nitrogen and oxygen atoms in total. The van der Waals surface area contributed by atoms with E-state index in [-0.39, 0.29) is 41.4 Å². The Labute approximate surface area is 533 Å². The van der Waals surface area contributed by atoms with E-state index in [1.165, 1.54) is 117 Å². The number of aliphatic carboxylic acids is 2. The van der Waals surface area contributed by atoms with E-state index < -0.39 is 17.9 Å². The van der Waals surface area contributed by atoms with Gasteiger partial charge in [0, 0.05) is 52.2 Å². The lowest BCUT2D eigenvalue weighted by Gasteiger charge is -2.14. The van der Waals surface area contributed by atoms with Gasteiger partial charge in [-0.3, -0.25) is 0 Å². The molecule has 0 spiro atoms. The van der Waals surface area contributed by atoms with Crippen molar-refractivity contribution in [1.82, 2.24) is 0 Å². The summed E-state index contributed by atoms with van der Waals surface area (Å²) in [7, 11) is 2.64. The molecule has 510 valence electrons. The fourth-order valence-corrected chi connectivity index (χ4v) is 5.32. The average Bonchev–Trinajstić information content (AvgIpc) is 3.51. The molecule has 0 radical (unpaired) electrons. The Hall–Kier alpha value is -7.11. The van der Waals surface area contributed by atoms with Crippen LogP contribution >= 0.6 is 0 Å². The van der Waals surface area contributed by atoms with Gasteiger partial charge in [0.25, 0.3) is 0 Å². The third-order valence-electron chi connectivity index (χ3n) is 11.0. The van der Waals surface area contributed by atoms with Crippen molar-refractivity contribution < 1.29 is 86.5 Å². The zero-order valence-electron chi connectivity index (χ0n) is 57.3. The molecular weight excluding hydrogens is 1130 g/mol. The fourth-order valence-electron chi connectivity index (χ4n) is 5.32. The molecule has 0 rings (SSSR count). The molecule has 2 unspecified atom stereocenters. The smallest absolute Gasteiger partial charge is 0.333 e. The van der Waals surface area contributed by atoms with E-state index in [4.69, 9.17) is 29.2 Å². The molecule has 0 aliphatic rings. The van der Waals surface area contributed by atoms with Gasteiger partial charge in [0.1, 0.15) is 0 Å². The Bertz CT molecular complexity index is 1910. The first-order valence-electron chi connectivity index (χ1n) is 30.7. The molecule has 0 bridgehead atoms. The van der Waals surface area contributed by atoms with Crippen molar-refractivity contribution in [2.75, 3.05) is 47.3 Å². The lowest BCUT2D eigenvalue weighted by Crippen LogP contribution is -2.14. The normalized spacial score (nSPS) is 9.70. The van der Waals surface area contributed by atoms with Crippen LogP contribution in [-0.4, -0.2) is 111 Å². The highest BCUT2D eigenvalue weighted by Gasteiger charge is 2.11. The van der Waals surface area contributed by atoms with Gasteiger partial charge in [0.05, 0.1) is 47.3 Å². The predicted molar refractivity (Wildman–Crippen MR) is 357 cm³/mol. The minimum absolute atomic E-state index is 0.176. The maximum atomic E-state index is 11.1. The van der Waals surface area contributed by atoms with Crippen LogP contribution in [0.4, 0.5) is 0 Å². The molecule has 0 fully saturated rings. The number of ether oxygens (including phenoxy) is 7. The maximum Gasteiger partial charge on any atom is 0.333 e. The summed E-state index contributed by atoms with van der Waals surface area (Å²) in [6.45, 7) is 55.5. The second kappa shape index (κ2) is 79.9. The Morgan fingerprint density at radius 3 is 0.886 bits per heavy atom. The van der Waals surface area contributed by atoms with Gasteiger partial charge < -0.3 is 43.4 Å². The van der Waals surface area contributed by atoms with Gasteiger partial charge in [-0.15, -0.1) is 0 Å². The van der Waals surface area contributed by atoms with E-state index in [9.17, 15) is 43.2 Å². The standard InChI is InChI=1S/C16H30O2.C12H22O2.C11H20O2.C8H14O2.C7H12O2.C5H8O2.2C4H6O2.C3H4O2/c1-4-5-6-7-8-9-10-11-12-13-14-18-16(17)15(2)3;1-5-7-8-11(6-2)9-14-12(13)10(3)4;1-4-7-8-10(5-2)9-13-11(12)6-3;1-4-5-6-10-8(9)7(2)3;1-3-5-6-9-7(8)4-2;1-4(2)5(6)7-3;1-3-4(5)6-2;1-3(2)4(5)6;1-2-3(4)5/h2,4-14H2,1,3H3;11H,3,5-9H2,1-2,4H3;6,10H,3-5,7-9H2,1-2H3;2,4-6H2,1,3H3;4H,2-3,5-6H2,1H3;1H2,2-3H3;3H,1H2,2H3;1H2,2H3,(H,5,6);2H,1H2,(H,4,5). The Balaban J connectivity index is -0.000000117. The highest BCUT2D eigenvalue weighted by Crippen LogP contribution is 2.15. The van der Waals surface area contributed by atoms with Crippen LogP contribution in [-0.2, 0) is 76.3 Å². The number of carboxylic acid groups (broad SMARTS) is 2. The third kappa shape index (κ3) is 98.0. The number of esters is 7. The highest BCUT2D eigenvalue weighted by atomic mass is 16.6. The monoisotopic (exact) mass is 1250 g/mol. The molecule has 0 aromatic heterocycles. The summed E-state index contributed by atoms with van der Waals surface area (Å²) < 4.78 is 33.0. The zero-order chi connectivity index (χ0) is 70.1. The summed E-state index contributed by atoms with van der Waals surface area (Å²) in [4.78, 5) is 92.9. The first kappa shape index (κ1) is 99.9. The van der Waals surface area contributed by atoms with E-state index >= 15 is 0 Å². The number of unbranched alkanes of at least 4 members (excludes halogenated alkanes) is 13. The van der Waals surface area contributed by atoms with Crippen molar-refractivity contribution in [3.05, 3.63) is 111 Å². The van der Waals surface area contributed by atoms with Gasteiger partial charge >= 0.3 is 53.7 Å². The maximum absolute atomic E-state index is 11.1. The highest BCUT2D eigenvalue weighted by molar-refractivity contribution is 5.88. The Morgan fingerprint density at radius 1 is 0.352 bits per heavy atom. The van der Waals surface area contributed by atoms with Gasteiger partial charge in [0.2, 0.25) is 0 Å². The number of methoxy groups -OCH3 is 2. The van der Waals surface area contributed by atoms with Crippen LogP contribution in [0.25, 0.3) is 0 Å². The molecule has 2 N–H and O–H groups in total. The van der Waals surface area contributed by atoms with E-state index in [0.29, 0.717) is 67.2 Å². The number of hydrogen-bond donors (Lipinski definition) is 2. The topological polar surface area (TPSA) is 259 Å². The molecule has 0 amide bonds. The van der Waals surface area contributed by atoms with Crippen LogP contribution < -0.4 is 0 Å². The summed E-state index contributed by atoms with van der Waals surface area (Å²) in [6, 6.07) is 0. The van der Waals surface area contributed by atoms with Gasteiger partial charge in [-0.2, -0.15) is 0 Å². The van der Waals surface area contributed by atoms with Crippen molar-refractivity contribution in [3.8, 4) is 0 Å². The molecular formula is C70H122O18. The number of carboxylic acids is 2. The van der Waals surface area contributed by atoms with E-state index in [1.54, 1.807) is 27.7 Å². The second-order valence-electron chi connectivity index (χ2n) is 19.8. The minimum atomic E-state index is -0.981. The summed E-state index contributed by atoms with van der Waals surface area (Å²) >= 11 is 0. The minimum Gasteiger partial charge on any atom is -0.478 e. The van der Waals surface area contributed by atoms with Crippen LogP contribution in [0.5, 0.6) is 0 Å². The number of hydrogen-bond acceptors (Lipinski definition) is 16. The Kier molecular flexibility index (Phi) is 90.7. The molecule has 18 heteroatoms. The van der Waals surface area contributed by atoms with E-state index in [2.05, 4.69) is 115 Å². The predicted octanol–water partition coefficient (Wildman–Crippen LogP) is 16.7. The fraction of sp³-hybridized carbons (Fsp3) is 0.614. The van der Waals surface area contributed by atoms with Crippen molar-refractivity contribution in [3.63, 3.8) is 0 Å². The van der Waals surface area contributed by atoms with Crippen LogP contribution in [0, 0.1) is 11.8 Å². The third-order valence-corrected chi connectivity index (χ3v) is 11.0.